The Morgan fingerprint density at radius 2 is 1.85 bits per heavy atom. The van der Waals surface area contributed by atoms with Crippen LogP contribution < -0.4 is 4.90 Å². The van der Waals surface area contributed by atoms with Crippen LogP contribution in [-0.4, -0.2) is 47.4 Å². The van der Waals surface area contributed by atoms with Gasteiger partial charge in [0.1, 0.15) is 6.07 Å². The van der Waals surface area contributed by atoms with E-state index in [4.69, 9.17) is 4.74 Å². The molecule has 11 nitrogen and oxygen atoms in total. The lowest BCUT2D eigenvalue weighted by atomic mass is 9.91. The Labute approximate surface area is 193 Å². The zero-order chi connectivity index (χ0) is 23.8. The summed E-state index contributed by atoms with van der Waals surface area (Å²) in [6, 6.07) is 15.7. The fourth-order valence-corrected chi connectivity index (χ4v) is 4.76. The summed E-state index contributed by atoms with van der Waals surface area (Å²) in [7, 11) is 0. The number of rotatable bonds is 4. The highest BCUT2D eigenvalue weighted by atomic mass is 16.6. The zero-order valence-corrected chi connectivity index (χ0v) is 17.8. The standard InChI is InChI=1S/C23H18N6O5/c24-12-17(26-25-14-6-8-16(9-7-14)29(32)33)21-20-19(18-13-34-11-10-27(18)21)22(30)28(23(20)31)15-4-2-1-3-5-15/h1-9,18-20H,10-11,13H2/b21-17-,26-25?/t18-,19+,20+/m1/s1. The fourth-order valence-electron chi connectivity index (χ4n) is 4.76. The van der Waals surface area contributed by atoms with Gasteiger partial charge in [0.15, 0.2) is 5.70 Å². The molecule has 2 aromatic carbocycles. The second-order valence-corrected chi connectivity index (χ2v) is 8.01. The van der Waals surface area contributed by atoms with Crippen LogP contribution in [0.2, 0.25) is 0 Å². The summed E-state index contributed by atoms with van der Waals surface area (Å²) in [6.07, 6.45) is 0. The first-order valence-corrected chi connectivity index (χ1v) is 10.6. The van der Waals surface area contributed by atoms with Gasteiger partial charge in [-0.15, -0.1) is 10.2 Å². The number of ether oxygens (including phenoxy) is 1. The van der Waals surface area contributed by atoms with Gasteiger partial charge in [0, 0.05) is 18.7 Å². The maximum atomic E-state index is 13.5. The maximum Gasteiger partial charge on any atom is 0.269 e. The summed E-state index contributed by atoms with van der Waals surface area (Å²) in [6.45, 7) is 1.06. The van der Waals surface area contributed by atoms with Gasteiger partial charge in [-0.25, -0.2) is 4.90 Å². The molecule has 0 radical (unpaired) electrons. The molecule has 3 aliphatic heterocycles. The maximum absolute atomic E-state index is 13.5. The summed E-state index contributed by atoms with van der Waals surface area (Å²) >= 11 is 0. The van der Waals surface area contributed by atoms with Crippen LogP contribution in [-0.2, 0) is 14.3 Å². The molecule has 3 aliphatic rings. The predicted molar refractivity (Wildman–Crippen MR) is 117 cm³/mol. The van der Waals surface area contributed by atoms with Crippen molar-refractivity contribution in [3.8, 4) is 6.07 Å². The van der Waals surface area contributed by atoms with Crippen LogP contribution in [0.4, 0.5) is 17.1 Å². The number of para-hydroxylation sites is 1. The van der Waals surface area contributed by atoms with Gasteiger partial charge in [-0.3, -0.25) is 19.7 Å². The lowest BCUT2D eigenvalue weighted by molar-refractivity contribution is -0.384. The van der Waals surface area contributed by atoms with E-state index in [1.54, 1.807) is 30.3 Å². The highest BCUT2D eigenvalue weighted by Crippen LogP contribution is 2.48. The fraction of sp³-hybridized carbons (Fsp3) is 0.261. The van der Waals surface area contributed by atoms with Gasteiger partial charge in [-0.2, -0.15) is 5.26 Å². The van der Waals surface area contributed by atoms with Gasteiger partial charge in [0.2, 0.25) is 11.8 Å². The largest absolute Gasteiger partial charge is 0.377 e. The van der Waals surface area contributed by atoms with Crippen LogP contribution in [0.1, 0.15) is 0 Å². The molecule has 0 bridgehead atoms. The number of hydrogen-bond acceptors (Lipinski definition) is 9. The number of azo groups is 1. The summed E-state index contributed by atoms with van der Waals surface area (Å²) in [4.78, 5) is 40.2. The van der Waals surface area contributed by atoms with E-state index in [-0.39, 0.29) is 23.9 Å². The molecule has 0 spiro atoms. The van der Waals surface area contributed by atoms with Gasteiger partial charge < -0.3 is 9.64 Å². The average molecular weight is 458 g/mol. The van der Waals surface area contributed by atoms with Crippen LogP contribution >= 0.6 is 0 Å². The van der Waals surface area contributed by atoms with Crippen molar-refractivity contribution >= 4 is 28.9 Å². The number of carbonyl (C=O) groups is 2. The molecule has 11 heteroatoms. The molecule has 3 saturated heterocycles. The summed E-state index contributed by atoms with van der Waals surface area (Å²) in [5, 5.41) is 28.9. The van der Waals surface area contributed by atoms with Crippen molar-refractivity contribution in [2.45, 2.75) is 6.04 Å². The molecule has 34 heavy (non-hydrogen) atoms. The second-order valence-electron chi connectivity index (χ2n) is 8.01. The average Bonchev–Trinajstić information content (AvgIpc) is 3.33. The highest BCUT2D eigenvalue weighted by Gasteiger charge is 2.61. The number of imide groups is 1. The Morgan fingerprint density at radius 1 is 1.12 bits per heavy atom. The third-order valence-corrected chi connectivity index (χ3v) is 6.22. The Kier molecular flexibility index (Phi) is 5.35. The van der Waals surface area contributed by atoms with Crippen molar-refractivity contribution in [1.29, 1.82) is 5.26 Å². The first-order chi connectivity index (χ1) is 16.5. The van der Waals surface area contributed by atoms with Gasteiger partial charge in [-0.1, -0.05) is 18.2 Å². The van der Waals surface area contributed by atoms with Crippen LogP contribution in [0.25, 0.3) is 0 Å². The number of carbonyl (C=O) groups excluding carboxylic acids is 2. The van der Waals surface area contributed by atoms with E-state index in [0.717, 1.165) is 0 Å². The molecule has 3 heterocycles. The van der Waals surface area contributed by atoms with E-state index in [1.165, 1.54) is 29.2 Å². The van der Waals surface area contributed by atoms with Crippen molar-refractivity contribution in [2.24, 2.45) is 22.1 Å². The van der Waals surface area contributed by atoms with Crippen LogP contribution in [0, 0.1) is 33.3 Å². The monoisotopic (exact) mass is 458 g/mol. The first-order valence-electron chi connectivity index (χ1n) is 10.6. The third kappa shape index (κ3) is 3.41. The number of non-ortho nitro benzene ring substituents is 1. The molecular formula is C23H18N6O5. The van der Waals surface area contributed by atoms with Crippen molar-refractivity contribution < 1.29 is 19.2 Å². The van der Waals surface area contributed by atoms with Crippen LogP contribution in [0.3, 0.4) is 0 Å². The van der Waals surface area contributed by atoms with E-state index < -0.39 is 28.7 Å². The normalized spacial score (nSPS) is 25.3. The first kappa shape index (κ1) is 21.4. The predicted octanol–water partition coefficient (Wildman–Crippen LogP) is 2.93. The smallest absolute Gasteiger partial charge is 0.269 e. The van der Waals surface area contributed by atoms with E-state index in [9.17, 15) is 25.0 Å². The molecule has 0 saturated carbocycles. The van der Waals surface area contributed by atoms with E-state index in [2.05, 4.69) is 10.2 Å². The minimum Gasteiger partial charge on any atom is -0.377 e. The van der Waals surface area contributed by atoms with Crippen LogP contribution in [0.5, 0.6) is 0 Å². The van der Waals surface area contributed by atoms with Crippen molar-refractivity contribution in [1.82, 2.24) is 4.90 Å². The topological polar surface area (TPSA) is 142 Å². The second kappa shape index (κ2) is 8.49. The van der Waals surface area contributed by atoms with Gasteiger partial charge in [0.25, 0.3) is 5.69 Å². The summed E-state index contributed by atoms with van der Waals surface area (Å²) in [5.74, 6) is -2.31. The molecule has 0 aromatic heterocycles. The number of fused-ring (bicyclic) bond motifs is 3. The molecule has 2 aromatic rings. The minimum atomic E-state index is -0.870. The van der Waals surface area contributed by atoms with Gasteiger partial charge >= 0.3 is 0 Å². The van der Waals surface area contributed by atoms with Gasteiger partial charge in [-0.05, 0) is 24.3 Å². The molecule has 170 valence electrons. The third-order valence-electron chi connectivity index (χ3n) is 6.22. The molecule has 3 fully saturated rings. The number of nitriles is 1. The Bertz CT molecular complexity index is 1270. The molecule has 2 amide bonds. The molecule has 0 N–H and O–H groups in total. The minimum absolute atomic E-state index is 0.0752. The number of nitrogens with zero attached hydrogens (tertiary/aromatic N) is 6. The van der Waals surface area contributed by atoms with E-state index >= 15 is 0 Å². The Balaban J connectivity index is 1.55. The summed E-state index contributed by atoms with van der Waals surface area (Å²) in [5.41, 5.74) is 0.980. The lowest BCUT2D eigenvalue weighted by Crippen LogP contribution is -2.47. The number of nitro groups is 1. The molecule has 0 unspecified atom stereocenters. The molecule has 0 aliphatic carbocycles. The van der Waals surface area contributed by atoms with Crippen molar-refractivity contribution in [3.63, 3.8) is 0 Å². The van der Waals surface area contributed by atoms with Gasteiger partial charge in [0.05, 0.1) is 53.1 Å². The SMILES string of the molecule is N#C/C(N=Nc1ccc([N+](=O)[O-])cc1)=C1\[C@H]2C(=O)N(c3ccccc3)C(=O)[C@H]2[C@H]2COCCN12. The number of amides is 2. The molecule has 5 rings (SSSR count). The quantitative estimate of drug-likeness (QED) is 0.225. The highest BCUT2D eigenvalue weighted by molar-refractivity contribution is 6.23. The van der Waals surface area contributed by atoms with Crippen LogP contribution in [0.15, 0.2) is 76.2 Å². The Hall–Kier alpha value is -4.43. The number of benzene rings is 2. The lowest BCUT2D eigenvalue weighted by Gasteiger charge is -2.34. The Morgan fingerprint density at radius 3 is 2.53 bits per heavy atom. The number of nitro benzene ring substituents is 1. The number of hydrogen-bond donors (Lipinski definition) is 0. The number of anilines is 1. The zero-order valence-electron chi connectivity index (χ0n) is 17.8. The molecule has 3 atom stereocenters. The number of allylic oxidation sites excluding steroid dienone is 1. The number of morpholine rings is 1. The summed E-state index contributed by atoms with van der Waals surface area (Å²) < 4.78 is 5.60. The molecular weight excluding hydrogens is 440 g/mol. The van der Waals surface area contributed by atoms with Crippen molar-refractivity contribution in [3.05, 3.63) is 76.1 Å². The van der Waals surface area contributed by atoms with E-state index in [0.29, 0.717) is 30.2 Å². The van der Waals surface area contributed by atoms with Crippen molar-refractivity contribution in [2.75, 3.05) is 24.7 Å². The van der Waals surface area contributed by atoms with E-state index in [1.807, 2.05) is 11.0 Å².